The van der Waals surface area contributed by atoms with E-state index in [1.165, 1.54) is 12.1 Å². The monoisotopic (exact) mass is 263 g/mol. The van der Waals surface area contributed by atoms with Gasteiger partial charge in [0.25, 0.3) is 5.69 Å². The van der Waals surface area contributed by atoms with Gasteiger partial charge in [0.15, 0.2) is 0 Å². The fourth-order valence-electron chi connectivity index (χ4n) is 1.63. The Morgan fingerprint density at radius 3 is 2.39 bits per heavy atom. The van der Waals surface area contributed by atoms with Gasteiger partial charge in [-0.15, -0.1) is 0 Å². The molecule has 0 radical (unpaired) electrons. The number of nitro groups is 1. The second-order valence-corrected chi connectivity index (χ2v) is 4.73. The van der Waals surface area contributed by atoms with E-state index in [1.807, 2.05) is 6.07 Å². The SMILES string of the molecule is CC(C)c1cc(=S)n(-c2ccc([N+](=O)[O-])cc2)[nH]1. The lowest BCUT2D eigenvalue weighted by Crippen LogP contribution is -1.98. The second-order valence-electron chi connectivity index (χ2n) is 4.31. The second kappa shape index (κ2) is 4.73. The fraction of sp³-hybridized carbons (Fsp3) is 0.250. The number of non-ortho nitro benzene ring substituents is 1. The highest BCUT2D eigenvalue weighted by Gasteiger charge is 2.08. The number of nitrogens with zero attached hydrogens (tertiary/aromatic N) is 2. The highest BCUT2D eigenvalue weighted by Crippen LogP contribution is 2.18. The van der Waals surface area contributed by atoms with E-state index in [0.717, 1.165) is 11.4 Å². The molecule has 1 N–H and O–H groups in total. The van der Waals surface area contributed by atoms with E-state index in [2.05, 4.69) is 18.9 Å². The van der Waals surface area contributed by atoms with Gasteiger partial charge in [0, 0.05) is 17.8 Å². The molecule has 0 fully saturated rings. The maximum Gasteiger partial charge on any atom is 0.269 e. The molecule has 6 heteroatoms. The molecular weight excluding hydrogens is 250 g/mol. The summed E-state index contributed by atoms with van der Waals surface area (Å²) in [6.45, 7) is 4.14. The zero-order valence-electron chi connectivity index (χ0n) is 10.1. The number of H-pyrrole nitrogens is 1. The van der Waals surface area contributed by atoms with Crippen LogP contribution in [0, 0.1) is 14.8 Å². The normalized spacial score (nSPS) is 10.8. The zero-order chi connectivity index (χ0) is 13.3. The number of aromatic amines is 1. The van der Waals surface area contributed by atoms with Gasteiger partial charge in [-0.1, -0.05) is 26.1 Å². The number of rotatable bonds is 3. The molecule has 0 aliphatic carbocycles. The average molecular weight is 263 g/mol. The average Bonchev–Trinajstić information content (AvgIpc) is 2.71. The topological polar surface area (TPSA) is 63.9 Å². The van der Waals surface area contributed by atoms with E-state index in [4.69, 9.17) is 12.2 Å². The molecule has 94 valence electrons. The fourth-order valence-corrected chi connectivity index (χ4v) is 1.90. The maximum absolute atomic E-state index is 10.6. The Kier molecular flexibility index (Phi) is 3.29. The van der Waals surface area contributed by atoms with Crippen LogP contribution >= 0.6 is 12.2 Å². The first-order valence-corrected chi connectivity index (χ1v) is 5.96. The van der Waals surface area contributed by atoms with Gasteiger partial charge in [-0.05, 0) is 24.1 Å². The van der Waals surface area contributed by atoms with Crippen molar-refractivity contribution in [3.63, 3.8) is 0 Å². The number of nitro benzene ring substituents is 1. The summed E-state index contributed by atoms with van der Waals surface area (Å²) in [5.74, 6) is 0.353. The molecule has 0 unspecified atom stereocenters. The van der Waals surface area contributed by atoms with E-state index in [1.54, 1.807) is 16.8 Å². The Labute approximate surface area is 109 Å². The smallest absolute Gasteiger partial charge is 0.269 e. The van der Waals surface area contributed by atoms with Crippen molar-refractivity contribution in [2.45, 2.75) is 19.8 Å². The van der Waals surface area contributed by atoms with Crippen LogP contribution in [-0.2, 0) is 0 Å². The van der Waals surface area contributed by atoms with Gasteiger partial charge in [0.2, 0.25) is 0 Å². The van der Waals surface area contributed by atoms with Crippen molar-refractivity contribution in [3.05, 3.63) is 50.8 Å². The zero-order valence-corrected chi connectivity index (χ0v) is 10.9. The van der Waals surface area contributed by atoms with Crippen LogP contribution in [0.4, 0.5) is 5.69 Å². The lowest BCUT2D eigenvalue weighted by molar-refractivity contribution is -0.384. The minimum absolute atomic E-state index is 0.0703. The third-order valence-electron chi connectivity index (χ3n) is 2.68. The Balaban J connectivity index is 2.42. The number of hydrogen-bond acceptors (Lipinski definition) is 3. The lowest BCUT2D eigenvalue weighted by Gasteiger charge is -2.04. The highest BCUT2D eigenvalue weighted by atomic mass is 32.1. The molecule has 1 heterocycles. The van der Waals surface area contributed by atoms with Crippen molar-refractivity contribution in [2.24, 2.45) is 0 Å². The van der Waals surface area contributed by atoms with Crippen molar-refractivity contribution in [3.8, 4) is 5.69 Å². The molecule has 5 nitrogen and oxygen atoms in total. The Bertz CT molecular complexity index is 626. The van der Waals surface area contributed by atoms with Crippen LogP contribution in [0.15, 0.2) is 30.3 Å². The maximum atomic E-state index is 10.6. The van der Waals surface area contributed by atoms with Gasteiger partial charge in [-0.3, -0.25) is 15.2 Å². The standard InChI is InChI=1S/C12H13N3O2S/c1-8(2)11-7-12(18)14(13-11)9-3-5-10(6-4-9)15(16)17/h3-8,13H,1-2H3. The van der Waals surface area contributed by atoms with E-state index in [-0.39, 0.29) is 5.69 Å². The highest BCUT2D eigenvalue weighted by molar-refractivity contribution is 7.71. The van der Waals surface area contributed by atoms with Crippen molar-refractivity contribution in [2.75, 3.05) is 0 Å². The van der Waals surface area contributed by atoms with Crippen LogP contribution < -0.4 is 0 Å². The molecule has 1 aromatic carbocycles. The molecule has 0 saturated carbocycles. The minimum atomic E-state index is -0.419. The van der Waals surface area contributed by atoms with Gasteiger partial charge < -0.3 is 0 Å². The summed E-state index contributed by atoms with van der Waals surface area (Å²) in [6, 6.07) is 8.19. The summed E-state index contributed by atoms with van der Waals surface area (Å²) in [6.07, 6.45) is 0. The lowest BCUT2D eigenvalue weighted by atomic mass is 10.1. The third-order valence-corrected chi connectivity index (χ3v) is 2.98. The molecule has 0 aliphatic heterocycles. The van der Waals surface area contributed by atoms with Crippen LogP contribution in [0.25, 0.3) is 5.69 Å². The first-order chi connectivity index (χ1) is 8.49. The van der Waals surface area contributed by atoms with E-state index >= 15 is 0 Å². The number of benzene rings is 1. The number of hydrogen-bond donors (Lipinski definition) is 1. The van der Waals surface area contributed by atoms with Crippen molar-refractivity contribution < 1.29 is 4.92 Å². The predicted molar refractivity (Wildman–Crippen MR) is 71.7 cm³/mol. The van der Waals surface area contributed by atoms with E-state index in [9.17, 15) is 10.1 Å². The first-order valence-electron chi connectivity index (χ1n) is 5.56. The van der Waals surface area contributed by atoms with Crippen molar-refractivity contribution in [1.82, 2.24) is 9.78 Å². The third kappa shape index (κ3) is 2.33. The minimum Gasteiger partial charge on any atom is -0.297 e. The number of nitrogens with one attached hydrogen (secondary N) is 1. The van der Waals surface area contributed by atoms with Gasteiger partial charge in [-0.25, -0.2) is 4.68 Å². The predicted octanol–water partition coefficient (Wildman–Crippen LogP) is 3.57. The first kappa shape index (κ1) is 12.5. The largest absolute Gasteiger partial charge is 0.297 e. The summed E-state index contributed by atoms with van der Waals surface area (Å²) < 4.78 is 2.40. The van der Waals surface area contributed by atoms with E-state index < -0.39 is 4.92 Å². The van der Waals surface area contributed by atoms with Crippen LogP contribution in [0.3, 0.4) is 0 Å². The summed E-state index contributed by atoms with van der Waals surface area (Å²) in [5, 5.41) is 13.8. The van der Waals surface area contributed by atoms with Gasteiger partial charge in [0.1, 0.15) is 4.64 Å². The molecule has 0 aliphatic rings. The van der Waals surface area contributed by atoms with Crippen molar-refractivity contribution in [1.29, 1.82) is 0 Å². The Morgan fingerprint density at radius 1 is 1.33 bits per heavy atom. The van der Waals surface area contributed by atoms with Gasteiger partial charge >= 0.3 is 0 Å². The van der Waals surface area contributed by atoms with Crippen LogP contribution in [0.5, 0.6) is 0 Å². The molecular formula is C12H13N3O2S. The summed E-state index contributed by atoms with van der Waals surface area (Å²) >= 11 is 5.26. The molecule has 0 saturated heterocycles. The molecule has 18 heavy (non-hydrogen) atoms. The summed E-state index contributed by atoms with van der Waals surface area (Å²) in [4.78, 5) is 10.2. The molecule has 1 aromatic heterocycles. The molecule has 2 rings (SSSR count). The van der Waals surface area contributed by atoms with Crippen LogP contribution in [0.1, 0.15) is 25.5 Å². The molecule has 2 aromatic rings. The molecule has 0 atom stereocenters. The molecule has 0 spiro atoms. The van der Waals surface area contributed by atoms with Crippen LogP contribution in [-0.4, -0.2) is 14.7 Å². The summed E-state index contributed by atoms with van der Waals surface area (Å²) in [5.41, 5.74) is 1.90. The summed E-state index contributed by atoms with van der Waals surface area (Å²) in [7, 11) is 0. The Hall–Kier alpha value is -1.95. The molecule has 0 bridgehead atoms. The van der Waals surface area contributed by atoms with Gasteiger partial charge in [-0.2, -0.15) is 0 Å². The van der Waals surface area contributed by atoms with Crippen molar-refractivity contribution >= 4 is 17.9 Å². The van der Waals surface area contributed by atoms with E-state index in [0.29, 0.717) is 10.6 Å². The Morgan fingerprint density at radius 2 is 1.94 bits per heavy atom. The van der Waals surface area contributed by atoms with Crippen LogP contribution in [0.2, 0.25) is 0 Å². The quantitative estimate of drug-likeness (QED) is 0.523. The number of aromatic nitrogens is 2. The van der Waals surface area contributed by atoms with Gasteiger partial charge in [0.05, 0.1) is 10.6 Å². The molecule has 0 amide bonds.